The van der Waals surface area contributed by atoms with Gasteiger partial charge in [0.1, 0.15) is 5.82 Å². The number of halogens is 2. The van der Waals surface area contributed by atoms with Gasteiger partial charge in [0, 0.05) is 17.9 Å². The molecule has 2 rings (SSSR count). The molecule has 6 nitrogen and oxygen atoms in total. The number of nitrogens with zero attached hydrogens (tertiary/aromatic N) is 2. The second kappa shape index (κ2) is 7.00. The first kappa shape index (κ1) is 16.9. The van der Waals surface area contributed by atoms with E-state index in [9.17, 15) is 9.18 Å². The van der Waals surface area contributed by atoms with Crippen molar-refractivity contribution in [3.63, 3.8) is 0 Å². The Morgan fingerprint density at radius 1 is 1.43 bits per heavy atom. The highest BCUT2D eigenvalue weighted by Gasteiger charge is 2.11. The number of aromatic nitrogens is 1. The Morgan fingerprint density at radius 2 is 2.14 bits per heavy atom. The van der Waals surface area contributed by atoms with Gasteiger partial charge >= 0.3 is 0 Å². The van der Waals surface area contributed by atoms with Crippen molar-refractivity contribution < 1.29 is 9.18 Å². The summed E-state index contributed by atoms with van der Waals surface area (Å²) >= 11 is 1.21. The summed E-state index contributed by atoms with van der Waals surface area (Å²) < 4.78 is 13.4. The molecule has 2 aromatic rings. The molecule has 9 heteroatoms. The average molecular weight is 330 g/mol. The number of anilines is 1. The van der Waals surface area contributed by atoms with E-state index >= 15 is 0 Å². The molecule has 1 aromatic heterocycles. The fourth-order valence-electron chi connectivity index (χ4n) is 1.58. The van der Waals surface area contributed by atoms with E-state index in [0.29, 0.717) is 22.1 Å². The Kier molecular flexibility index (Phi) is 5.62. The van der Waals surface area contributed by atoms with Crippen molar-refractivity contribution in [2.45, 2.75) is 6.92 Å². The molecule has 112 valence electrons. The van der Waals surface area contributed by atoms with Crippen molar-refractivity contribution in [2.75, 3.05) is 5.32 Å². The number of carbonyl (C=O) groups excluding carboxylic acids is 1. The Labute approximate surface area is 130 Å². The summed E-state index contributed by atoms with van der Waals surface area (Å²) in [5.74, 6) is -0.782. The van der Waals surface area contributed by atoms with E-state index in [-0.39, 0.29) is 24.3 Å². The van der Waals surface area contributed by atoms with Gasteiger partial charge in [-0.25, -0.2) is 9.37 Å². The lowest BCUT2D eigenvalue weighted by Gasteiger charge is -2.07. The molecule has 0 aliphatic rings. The lowest BCUT2D eigenvalue weighted by molar-refractivity contribution is -0.114. The molecule has 1 aromatic carbocycles. The Hall–Kier alpha value is -2.19. The maximum Gasteiger partial charge on any atom is 0.221 e. The maximum absolute atomic E-state index is 13.4. The topological polar surface area (TPSA) is 106 Å². The highest BCUT2D eigenvalue weighted by Crippen LogP contribution is 2.32. The van der Waals surface area contributed by atoms with Gasteiger partial charge in [0.05, 0.1) is 11.4 Å². The number of thiazole rings is 1. The molecule has 0 radical (unpaired) electrons. The van der Waals surface area contributed by atoms with E-state index in [1.54, 1.807) is 5.38 Å². The van der Waals surface area contributed by atoms with Gasteiger partial charge in [-0.1, -0.05) is 0 Å². The number of hydrogen-bond acceptors (Lipinski definition) is 4. The monoisotopic (exact) mass is 329 g/mol. The van der Waals surface area contributed by atoms with Gasteiger partial charge in [-0.15, -0.1) is 23.7 Å². The third-order valence-corrected chi connectivity index (χ3v) is 3.02. The number of rotatable bonds is 3. The van der Waals surface area contributed by atoms with Crippen LogP contribution in [0, 0.1) is 5.82 Å². The molecule has 0 saturated carbocycles. The highest BCUT2D eigenvalue weighted by molar-refractivity contribution is 7.13. The first-order chi connectivity index (χ1) is 9.45. The molecule has 0 aliphatic carbocycles. The minimum absolute atomic E-state index is 0. The van der Waals surface area contributed by atoms with Gasteiger partial charge in [0.25, 0.3) is 0 Å². The Bertz CT molecular complexity index is 684. The first-order valence-electron chi connectivity index (χ1n) is 5.58. The molecule has 0 unspecified atom stereocenters. The quantitative estimate of drug-likeness (QED) is 0.593. The van der Waals surface area contributed by atoms with Crippen LogP contribution in [0.25, 0.3) is 11.3 Å². The van der Waals surface area contributed by atoms with Crippen molar-refractivity contribution in [1.82, 2.24) is 4.98 Å². The standard InChI is InChI=1S/C12H12FN5OS.ClH/c1-6(19)16-9-3-2-7(13)4-8(9)10-5-20-12(17-10)18-11(14)15;/h2-5H,1H3,(H,16,19)(H4,14,15,17,18);1H. The van der Waals surface area contributed by atoms with Gasteiger partial charge < -0.3 is 16.8 Å². The molecule has 21 heavy (non-hydrogen) atoms. The van der Waals surface area contributed by atoms with Crippen LogP contribution in [0.2, 0.25) is 0 Å². The van der Waals surface area contributed by atoms with Crippen molar-refractivity contribution in [1.29, 1.82) is 0 Å². The van der Waals surface area contributed by atoms with Crippen molar-refractivity contribution in [3.05, 3.63) is 29.4 Å². The second-order valence-electron chi connectivity index (χ2n) is 3.92. The number of guanidine groups is 1. The van der Waals surface area contributed by atoms with Gasteiger partial charge in [-0.3, -0.25) is 4.79 Å². The molecule has 0 bridgehead atoms. The van der Waals surface area contributed by atoms with Gasteiger partial charge in [0.15, 0.2) is 5.96 Å². The minimum Gasteiger partial charge on any atom is -0.370 e. The highest BCUT2D eigenvalue weighted by atomic mass is 35.5. The third-order valence-electron chi connectivity index (χ3n) is 2.29. The third kappa shape index (κ3) is 4.40. The van der Waals surface area contributed by atoms with Crippen LogP contribution >= 0.6 is 23.7 Å². The summed E-state index contributed by atoms with van der Waals surface area (Å²) in [6.45, 7) is 1.37. The van der Waals surface area contributed by atoms with Crippen molar-refractivity contribution >= 4 is 46.4 Å². The van der Waals surface area contributed by atoms with E-state index in [0.717, 1.165) is 0 Å². The number of nitrogens with one attached hydrogen (secondary N) is 1. The van der Waals surface area contributed by atoms with E-state index in [4.69, 9.17) is 11.5 Å². The van der Waals surface area contributed by atoms with Crippen LogP contribution in [0.4, 0.5) is 15.2 Å². The van der Waals surface area contributed by atoms with Crippen LogP contribution in [0.5, 0.6) is 0 Å². The first-order valence-corrected chi connectivity index (χ1v) is 6.46. The van der Waals surface area contributed by atoms with E-state index in [1.165, 1.54) is 36.5 Å². The predicted molar refractivity (Wildman–Crippen MR) is 84.5 cm³/mol. The number of amides is 1. The van der Waals surface area contributed by atoms with Crippen molar-refractivity contribution in [2.24, 2.45) is 16.5 Å². The van der Waals surface area contributed by atoms with Gasteiger partial charge in [-0.2, -0.15) is 4.99 Å². The zero-order valence-electron chi connectivity index (χ0n) is 11.0. The van der Waals surface area contributed by atoms with Gasteiger partial charge in [-0.05, 0) is 18.2 Å². The van der Waals surface area contributed by atoms with Crippen LogP contribution < -0.4 is 16.8 Å². The molecule has 5 N–H and O–H groups in total. The Morgan fingerprint density at radius 3 is 2.76 bits per heavy atom. The Balaban J connectivity index is 0.00000220. The molecular formula is C12H13ClFN5OS. The second-order valence-corrected chi connectivity index (χ2v) is 4.76. The normalized spacial score (nSPS) is 9.62. The lowest BCUT2D eigenvalue weighted by atomic mass is 10.1. The molecule has 0 aliphatic heterocycles. The zero-order valence-corrected chi connectivity index (χ0v) is 12.6. The molecule has 0 saturated heterocycles. The molecule has 1 amide bonds. The smallest absolute Gasteiger partial charge is 0.221 e. The fourth-order valence-corrected chi connectivity index (χ4v) is 2.28. The molecule has 0 atom stereocenters. The molecular weight excluding hydrogens is 317 g/mol. The number of carbonyl (C=O) groups is 1. The predicted octanol–water partition coefficient (Wildman–Crippen LogP) is 2.23. The minimum atomic E-state index is -0.425. The lowest BCUT2D eigenvalue weighted by Crippen LogP contribution is -2.21. The van der Waals surface area contributed by atoms with E-state index in [1.807, 2.05) is 0 Å². The molecule has 0 spiro atoms. The van der Waals surface area contributed by atoms with Crippen molar-refractivity contribution in [3.8, 4) is 11.3 Å². The van der Waals surface area contributed by atoms with Gasteiger partial charge in [0.2, 0.25) is 11.0 Å². The van der Waals surface area contributed by atoms with Crippen LogP contribution in [-0.2, 0) is 4.79 Å². The summed E-state index contributed by atoms with van der Waals surface area (Å²) in [7, 11) is 0. The van der Waals surface area contributed by atoms with E-state index in [2.05, 4.69) is 15.3 Å². The van der Waals surface area contributed by atoms with Crippen LogP contribution in [0.15, 0.2) is 28.6 Å². The summed E-state index contributed by atoms with van der Waals surface area (Å²) in [6, 6.07) is 4.03. The number of benzene rings is 1. The van der Waals surface area contributed by atoms with Crippen LogP contribution in [-0.4, -0.2) is 16.9 Å². The number of hydrogen-bond donors (Lipinski definition) is 3. The molecule has 0 fully saturated rings. The summed E-state index contributed by atoms with van der Waals surface area (Å²) in [6.07, 6.45) is 0. The maximum atomic E-state index is 13.4. The largest absolute Gasteiger partial charge is 0.370 e. The average Bonchev–Trinajstić information content (AvgIpc) is 2.78. The SMILES string of the molecule is CC(=O)Nc1ccc(F)cc1-c1csc(N=C(N)N)n1.Cl. The number of aliphatic imine (C=N–C) groups is 1. The van der Waals surface area contributed by atoms with Crippen LogP contribution in [0.3, 0.4) is 0 Å². The summed E-state index contributed by atoms with van der Waals surface area (Å²) in [5.41, 5.74) is 12.0. The zero-order chi connectivity index (χ0) is 14.7. The molecule has 1 heterocycles. The van der Waals surface area contributed by atoms with Crippen LogP contribution in [0.1, 0.15) is 6.92 Å². The number of nitrogens with two attached hydrogens (primary N) is 2. The summed E-state index contributed by atoms with van der Waals surface area (Å²) in [4.78, 5) is 19.2. The summed E-state index contributed by atoms with van der Waals surface area (Å²) in [5, 5.41) is 4.66. The van der Waals surface area contributed by atoms with E-state index < -0.39 is 5.82 Å². The fraction of sp³-hybridized carbons (Fsp3) is 0.0833.